The Morgan fingerprint density at radius 3 is 2.39 bits per heavy atom. The minimum absolute atomic E-state index is 0.0934. The molecule has 1 aliphatic heterocycles. The van der Waals surface area contributed by atoms with Crippen molar-refractivity contribution in [3.8, 4) is 11.5 Å². The second-order valence-electron chi connectivity index (χ2n) is 8.41. The van der Waals surface area contributed by atoms with Gasteiger partial charge in [0, 0.05) is 30.8 Å². The summed E-state index contributed by atoms with van der Waals surface area (Å²) >= 11 is 0. The van der Waals surface area contributed by atoms with Crippen LogP contribution in [0.25, 0.3) is 0 Å². The van der Waals surface area contributed by atoms with Gasteiger partial charge in [-0.3, -0.25) is 14.4 Å². The average molecular weight is 488 g/mol. The number of nitrogens with one attached hydrogen (secondary N) is 2. The van der Waals surface area contributed by atoms with Gasteiger partial charge in [-0.15, -0.1) is 0 Å². The van der Waals surface area contributed by atoms with Gasteiger partial charge in [-0.2, -0.15) is 0 Å². The van der Waals surface area contributed by atoms with Crippen LogP contribution in [0.4, 0.5) is 5.69 Å². The normalized spacial score (nSPS) is 12.8. The summed E-state index contributed by atoms with van der Waals surface area (Å²) in [7, 11) is 1.57. The van der Waals surface area contributed by atoms with Gasteiger partial charge in [0.25, 0.3) is 5.91 Å². The molecule has 0 saturated carbocycles. The number of rotatable bonds is 10. The number of ether oxygens (including phenoxy) is 2. The summed E-state index contributed by atoms with van der Waals surface area (Å²) in [5, 5.41) is 5.41. The summed E-state index contributed by atoms with van der Waals surface area (Å²) in [4.78, 5) is 38.2. The van der Waals surface area contributed by atoms with E-state index in [-0.39, 0.29) is 30.8 Å². The van der Waals surface area contributed by atoms with Crippen molar-refractivity contribution in [2.75, 3.05) is 25.1 Å². The van der Waals surface area contributed by atoms with Crippen LogP contribution in [0.5, 0.6) is 11.5 Å². The molecular weight excluding hydrogens is 458 g/mol. The van der Waals surface area contributed by atoms with Gasteiger partial charge in [0.1, 0.15) is 6.61 Å². The first-order valence-electron chi connectivity index (χ1n) is 11.8. The van der Waals surface area contributed by atoms with E-state index in [1.165, 1.54) is 0 Å². The molecule has 2 N–H and O–H groups in total. The van der Waals surface area contributed by atoms with Crippen LogP contribution in [0.2, 0.25) is 0 Å². The molecule has 1 saturated heterocycles. The van der Waals surface area contributed by atoms with Crippen molar-refractivity contribution in [3.05, 3.63) is 89.5 Å². The highest BCUT2D eigenvalue weighted by molar-refractivity contribution is 5.98. The molecule has 8 heteroatoms. The Kier molecular flexibility index (Phi) is 8.18. The van der Waals surface area contributed by atoms with E-state index in [0.717, 1.165) is 23.2 Å². The summed E-state index contributed by atoms with van der Waals surface area (Å²) in [6, 6.07) is 22.1. The average Bonchev–Trinajstić information content (AvgIpc) is 3.35. The van der Waals surface area contributed by atoms with E-state index < -0.39 is 0 Å². The van der Waals surface area contributed by atoms with Crippen molar-refractivity contribution < 1.29 is 23.9 Å². The molecule has 0 unspecified atom stereocenters. The monoisotopic (exact) mass is 487 g/mol. The second kappa shape index (κ2) is 11.9. The van der Waals surface area contributed by atoms with Crippen LogP contribution >= 0.6 is 0 Å². The minimum atomic E-state index is -0.356. The molecule has 0 radical (unpaired) electrons. The van der Waals surface area contributed by atoms with E-state index in [1.807, 2.05) is 48.5 Å². The van der Waals surface area contributed by atoms with Gasteiger partial charge >= 0.3 is 0 Å². The third-order valence-corrected chi connectivity index (χ3v) is 5.88. The first-order chi connectivity index (χ1) is 17.5. The van der Waals surface area contributed by atoms with Crippen molar-refractivity contribution in [2.24, 2.45) is 0 Å². The first-order valence-corrected chi connectivity index (χ1v) is 11.8. The highest BCUT2D eigenvalue weighted by Gasteiger charge is 2.21. The summed E-state index contributed by atoms with van der Waals surface area (Å²) in [6.45, 7) is 1.25. The summed E-state index contributed by atoms with van der Waals surface area (Å²) in [5.41, 5.74) is 3.09. The standard InChI is InChI=1S/C28H29N3O5/c1-35-25-16-21(9-14-24(25)36-19-20-6-3-2-4-7-20)17-29-26(32)18-30-28(34)22-10-12-23(13-11-22)31-15-5-8-27(31)33/h2-4,6-7,9-14,16H,5,8,15,17-19H2,1H3,(H,29,32)(H,30,34). The van der Waals surface area contributed by atoms with Crippen LogP contribution in [-0.2, 0) is 22.7 Å². The number of benzene rings is 3. The topological polar surface area (TPSA) is 97.0 Å². The zero-order chi connectivity index (χ0) is 25.3. The van der Waals surface area contributed by atoms with E-state index in [0.29, 0.717) is 36.6 Å². The highest BCUT2D eigenvalue weighted by atomic mass is 16.5. The van der Waals surface area contributed by atoms with Gasteiger partial charge in [0.05, 0.1) is 13.7 Å². The Morgan fingerprint density at radius 1 is 0.917 bits per heavy atom. The lowest BCUT2D eigenvalue weighted by Crippen LogP contribution is -2.36. The van der Waals surface area contributed by atoms with Gasteiger partial charge < -0.3 is 25.0 Å². The van der Waals surface area contributed by atoms with Crippen molar-refractivity contribution in [3.63, 3.8) is 0 Å². The summed E-state index contributed by atoms with van der Waals surface area (Å²) < 4.78 is 11.3. The Balaban J connectivity index is 1.23. The SMILES string of the molecule is COc1cc(CNC(=O)CNC(=O)c2ccc(N3CCCC3=O)cc2)ccc1OCc1ccccc1. The van der Waals surface area contributed by atoms with Gasteiger partial charge in [-0.05, 0) is 53.9 Å². The minimum Gasteiger partial charge on any atom is -0.493 e. The number of methoxy groups -OCH3 is 1. The van der Waals surface area contributed by atoms with E-state index in [1.54, 1.807) is 36.3 Å². The maximum Gasteiger partial charge on any atom is 0.251 e. The Bertz CT molecular complexity index is 1210. The predicted octanol–water partition coefficient (Wildman–Crippen LogP) is 3.45. The molecular formula is C28H29N3O5. The molecule has 1 heterocycles. The zero-order valence-electron chi connectivity index (χ0n) is 20.2. The van der Waals surface area contributed by atoms with Crippen molar-refractivity contribution in [2.45, 2.75) is 26.0 Å². The van der Waals surface area contributed by atoms with Crippen LogP contribution in [0, 0.1) is 0 Å². The summed E-state index contributed by atoms with van der Waals surface area (Å²) in [5.74, 6) is 0.613. The molecule has 1 aliphatic rings. The van der Waals surface area contributed by atoms with Gasteiger partial charge in [-0.25, -0.2) is 0 Å². The number of amides is 3. The Morgan fingerprint density at radius 2 is 1.69 bits per heavy atom. The van der Waals surface area contributed by atoms with E-state index in [9.17, 15) is 14.4 Å². The molecule has 0 aromatic heterocycles. The number of anilines is 1. The van der Waals surface area contributed by atoms with E-state index in [4.69, 9.17) is 9.47 Å². The maximum atomic E-state index is 12.4. The van der Waals surface area contributed by atoms with Crippen molar-refractivity contribution in [1.82, 2.24) is 10.6 Å². The fourth-order valence-corrected chi connectivity index (χ4v) is 3.92. The molecule has 0 bridgehead atoms. The Hall–Kier alpha value is -4.33. The highest BCUT2D eigenvalue weighted by Crippen LogP contribution is 2.29. The van der Waals surface area contributed by atoms with Crippen LogP contribution in [0.15, 0.2) is 72.8 Å². The van der Waals surface area contributed by atoms with Crippen molar-refractivity contribution >= 4 is 23.4 Å². The predicted molar refractivity (Wildman–Crippen MR) is 136 cm³/mol. The van der Waals surface area contributed by atoms with Crippen molar-refractivity contribution in [1.29, 1.82) is 0 Å². The van der Waals surface area contributed by atoms with Crippen LogP contribution in [0.3, 0.4) is 0 Å². The van der Waals surface area contributed by atoms with E-state index in [2.05, 4.69) is 10.6 Å². The van der Waals surface area contributed by atoms with Crippen LogP contribution < -0.4 is 25.0 Å². The molecule has 0 spiro atoms. The fraction of sp³-hybridized carbons (Fsp3) is 0.250. The third-order valence-electron chi connectivity index (χ3n) is 5.88. The number of carbonyl (C=O) groups is 3. The third kappa shape index (κ3) is 6.41. The first kappa shape index (κ1) is 24.8. The summed E-state index contributed by atoms with van der Waals surface area (Å²) in [6.07, 6.45) is 1.39. The van der Waals surface area contributed by atoms with Crippen LogP contribution in [0.1, 0.15) is 34.3 Å². The fourth-order valence-electron chi connectivity index (χ4n) is 3.92. The van der Waals surface area contributed by atoms with Gasteiger partial charge in [0.2, 0.25) is 11.8 Å². The van der Waals surface area contributed by atoms with E-state index >= 15 is 0 Å². The quantitative estimate of drug-likeness (QED) is 0.457. The van der Waals surface area contributed by atoms with Gasteiger partial charge in [0.15, 0.2) is 11.5 Å². The molecule has 3 amide bonds. The van der Waals surface area contributed by atoms with Crippen LogP contribution in [-0.4, -0.2) is 37.9 Å². The molecule has 4 rings (SSSR count). The molecule has 186 valence electrons. The molecule has 36 heavy (non-hydrogen) atoms. The largest absolute Gasteiger partial charge is 0.493 e. The van der Waals surface area contributed by atoms with Gasteiger partial charge in [-0.1, -0.05) is 36.4 Å². The smallest absolute Gasteiger partial charge is 0.251 e. The Labute approximate surface area is 210 Å². The molecule has 0 aliphatic carbocycles. The lowest BCUT2D eigenvalue weighted by Gasteiger charge is -2.15. The lowest BCUT2D eigenvalue weighted by molar-refractivity contribution is -0.120. The molecule has 1 fully saturated rings. The molecule has 8 nitrogen and oxygen atoms in total. The number of hydrogen-bond donors (Lipinski definition) is 2. The molecule has 0 atom stereocenters. The molecule has 3 aromatic carbocycles. The number of carbonyl (C=O) groups excluding carboxylic acids is 3. The second-order valence-corrected chi connectivity index (χ2v) is 8.41. The lowest BCUT2D eigenvalue weighted by atomic mass is 10.2. The molecule has 3 aromatic rings. The number of nitrogens with zero attached hydrogens (tertiary/aromatic N) is 1. The zero-order valence-corrected chi connectivity index (χ0v) is 20.2. The number of hydrogen-bond acceptors (Lipinski definition) is 5. The maximum absolute atomic E-state index is 12.4.